The molecule has 0 spiro atoms. The van der Waals surface area contributed by atoms with Crippen LogP contribution in [0.3, 0.4) is 0 Å². The van der Waals surface area contributed by atoms with E-state index in [0.29, 0.717) is 30.9 Å². The molecule has 30 heavy (non-hydrogen) atoms. The third kappa shape index (κ3) is 4.13. The SMILES string of the molecule is COc1ccc(S(=O)(=O)N2CCCCCC2)cc1C(=O)N1CCC[C@H]1c1cccs1. The lowest BCUT2D eigenvalue weighted by Crippen LogP contribution is -2.33. The van der Waals surface area contributed by atoms with Crippen molar-refractivity contribution < 1.29 is 17.9 Å². The monoisotopic (exact) mass is 448 g/mol. The van der Waals surface area contributed by atoms with Gasteiger partial charge in [0.05, 0.1) is 23.6 Å². The average Bonchev–Trinajstić information content (AvgIpc) is 3.38. The number of sulfonamides is 1. The Labute approximate surface area is 182 Å². The van der Waals surface area contributed by atoms with E-state index in [2.05, 4.69) is 6.07 Å². The molecule has 2 saturated heterocycles. The summed E-state index contributed by atoms with van der Waals surface area (Å²) in [6, 6.07) is 8.75. The second-order valence-corrected chi connectivity index (χ2v) is 10.8. The first kappa shape index (κ1) is 21.3. The number of ether oxygens (including phenoxy) is 1. The van der Waals surface area contributed by atoms with E-state index < -0.39 is 10.0 Å². The Bertz CT molecular complexity index is 981. The number of likely N-dealkylation sites (tertiary alicyclic amines) is 1. The molecule has 0 radical (unpaired) electrons. The number of benzene rings is 1. The predicted molar refractivity (Wildman–Crippen MR) is 118 cm³/mol. The van der Waals surface area contributed by atoms with Gasteiger partial charge >= 0.3 is 0 Å². The molecule has 6 nitrogen and oxygen atoms in total. The third-order valence-corrected chi connectivity index (χ3v) is 8.86. The zero-order chi connectivity index (χ0) is 21.1. The molecule has 4 rings (SSSR count). The highest BCUT2D eigenvalue weighted by Gasteiger charge is 2.34. The van der Waals surface area contributed by atoms with Crippen LogP contribution in [0.4, 0.5) is 0 Å². The standard InChI is InChI=1S/C22H28N2O4S2/c1-28-20-11-10-17(30(26,27)23-12-4-2-3-5-13-23)16-18(20)22(25)24-14-6-8-19(24)21-9-7-15-29-21/h7,9-11,15-16,19H,2-6,8,12-14H2,1H3/t19-/m0/s1. The van der Waals surface area contributed by atoms with Gasteiger partial charge < -0.3 is 9.64 Å². The van der Waals surface area contributed by atoms with Crippen molar-refractivity contribution in [3.8, 4) is 5.75 Å². The van der Waals surface area contributed by atoms with Crippen molar-refractivity contribution in [2.75, 3.05) is 26.7 Å². The van der Waals surface area contributed by atoms with E-state index in [9.17, 15) is 13.2 Å². The molecule has 1 amide bonds. The molecule has 2 aromatic rings. The Kier molecular flexibility index (Phi) is 6.46. The molecule has 3 heterocycles. The van der Waals surface area contributed by atoms with Gasteiger partial charge in [0.15, 0.2) is 0 Å². The topological polar surface area (TPSA) is 66.9 Å². The van der Waals surface area contributed by atoms with Crippen molar-refractivity contribution >= 4 is 27.3 Å². The lowest BCUT2D eigenvalue weighted by atomic mass is 10.1. The molecule has 0 saturated carbocycles. The van der Waals surface area contributed by atoms with Gasteiger partial charge in [-0.25, -0.2) is 8.42 Å². The summed E-state index contributed by atoms with van der Waals surface area (Å²) in [5.41, 5.74) is 0.317. The fourth-order valence-electron chi connectivity index (χ4n) is 4.39. The summed E-state index contributed by atoms with van der Waals surface area (Å²) in [4.78, 5) is 16.7. The van der Waals surface area contributed by atoms with Gasteiger partial charge in [-0.1, -0.05) is 18.9 Å². The number of hydrogen-bond donors (Lipinski definition) is 0. The largest absolute Gasteiger partial charge is 0.496 e. The van der Waals surface area contributed by atoms with Crippen LogP contribution in [-0.2, 0) is 10.0 Å². The zero-order valence-electron chi connectivity index (χ0n) is 17.2. The van der Waals surface area contributed by atoms with Crippen molar-refractivity contribution in [1.82, 2.24) is 9.21 Å². The summed E-state index contributed by atoms with van der Waals surface area (Å²) < 4.78 is 33.5. The van der Waals surface area contributed by atoms with Gasteiger partial charge in [-0.3, -0.25) is 4.79 Å². The normalized spacial score (nSPS) is 20.8. The van der Waals surface area contributed by atoms with Crippen LogP contribution in [0.25, 0.3) is 0 Å². The van der Waals surface area contributed by atoms with E-state index >= 15 is 0 Å². The summed E-state index contributed by atoms with van der Waals surface area (Å²) >= 11 is 1.65. The van der Waals surface area contributed by atoms with Crippen LogP contribution in [0.1, 0.15) is 59.8 Å². The van der Waals surface area contributed by atoms with Gasteiger partial charge in [0.2, 0.25) is 10.0 Å². The van der Waals surface area contributed by atoms with Gasteiger partial charge in [-0.2, -0.15) is 4.31 Å². The highest BCUT2D eigenvalue weighted by Crippen LogP contribution is 2.37. The number of thiophene rings is 1. The first-order chi connectivity index (χ1) is 14.5. The van der Waals surface area contributed by atoms with E-state index in [0.717, 1.165) is 43.4 Å². The summed E-state index contributed by atoms with van der Waals surface area (Å²) in [5, 5.41) is 2.02. The van der Waals surface area contributed by atoms with E-state index in [-0.39, 0.29) is 16.8 Å². The molecule has 0 N–H and O–H groups in total. The molecule has 0 unspecified atom stereocenters. The maximum Gasteiger partial charge on any atom is 0.258 e. The van der Waals surface area contributed by atoms with Crippen molar-refractivity contribution in [3.63, 3.8) is 0 Å². The lowest BCUT2D eigenvalue weighted by Gasteiger charge is -2.25. The zero-order valence-corrected chi connectivity index (χ0v) is 18.9. The smallest absolute Gasteiger partial charge is 0.258 e. The third-order valence-electron chi connectivity index (χ3n) is 5.99. The molecule has 162 valence electrons. The number of hydrogen-bond acceptors (Lipinski definition) is 5. The second-order valence-electron chi connectivity index (χ2n) is 7.85. The lowest BCUT2D eigenvalue weighted by molar-refractivity contribution is 0.0734. The number of nitrogens with zero attached hydrogens (tertiary/aromatic N) is 2. The minimum Gasteiger partial charge on any atom is -0.496 e. The van der Waals surface area contributed by atoms with E-state index in [4.69, 9.17) is 4.74 Å². The minimum atomic E-state index is -3.64. The van der Waals surface area contributed by atoms with Gasteiger partial charge in [-0.05, 0) is 55.3 Å². The van der Waals surface area contributed by atoms with Gasteiger partial charge in [0, 0.05) is 24.5 Å². The average molecular weight is 449 g/mol. The van der Waals surface area contributed by atoms with E-state index in [1.807, 2.05) is 16.3 Å². The predicted octanol–water partition coefficient (Wildman–Crippen LogP) is 4.30. The molecule has 1 aromatic heterocycles. The van der Waals surface area contributed by atoms with Crippen molar-refractivity contribution in [1.29, 1.82) is 0 Å². The van der Waals surface area contributed by atoms with Crippen LogP contribution in [-0.4, -0.2) is 50.3 Å². The van der Waals surface area contributed by atoms with Crippen LogP contribution in [0.2, 0.25) is 0 Å². The number of carbonyl (C=O) groups excluding carboxylic acids is 1. The molecular weight excluding hydrogens is 420 g/mol. The van der Waals surface area contributed by atoms with Crippen molar-refractivity contribution in [2.45, 2.75) is 49.5 Å². The maximum absolute atomic E-state index is 13.5. The van der Waals surface area contributed by atoms with Crippen LogP contribution in [0.15, 0.2) is 40.6 Å². The summed E-state index contributed by atoms with van der Waals surface area (Å²) in [5.74, 6) is 0.238. The van der Waals surface area contributed by atoms with Crippen LogP contribution in [0, 0.1) is 0 Å². The molecule has 1 aromatic carbocycles. The Hall–Kier alpha value is -1.90. The first-order valence-corrected chi connectivity index (χ1v) is 12.9. The second kappa shape index (κ2) is 9.08. The maximum atomic E-state index is 13.5. The highest BCUT2D eigenvalue weighted by molar-refractivity contribution is 7.89. The first-order valence-electron chi connectivity index (χ1n) is 10.5. The molecule has 2 aliphatic heterocycles. The fraction of sp³-hybridized carbons (Fsp3) is 0.500. The van der Waals surface area contributed by atoms with E-state index in [1.165, 1.54) is 13.2 Å². The molecule has 1 atom stereocenters. The summed E-state index contributed by atoms with van der Waals surface area (Å²) in [6.45, 7) is 1.72. The quantitative estimate of drug-likeness (QED) is 0.684. The summed E-state index contributed by atoms with van der Waals surface area (Å²) in [7, 11) is -2.13. The Balaban J connectivity index is 1.67. The Morgan fingerprint density at radius 2 is 1.83 bits per heavy atom. The van der Waals surface area contributed by atoms with Crippen LogP contribution < -0.4 is 4.74 Å². The van der Waals surface area contributed by atoms with Crippen molar-refractivity contribution in [2.24, 2.45) is 0 Å². The number of amides is 1. The fourth-order valence-corrected chi connectivity index (χ4v) is 6.80. The Morgan fingerprint density at radius 3 is 2.50 bits per heavy atom. The Morgan fingerprint density at radius 1 is 1.07 bits per heavy atom. The highest BCUT2D eigenvalue weighted by atomic mass is 32.2. The minimum absolute atomic E-state index is 0.0353. The molecule has 2 fully saturated rings. The molecule has 0 bridgehead atoms. The van der Waals surface area contributed by atoms with Crippen LogP contribution >= 0.6 is 11.3 Å². The van der Waals surface area contributed by atoms with Gasteiger partial charge in [0.1, 0.15) is 5.75 Å². The molecule has 2 aliphatic rings. The van der Waals surface area contributed by atoms with Crippen LogP contribution in [0.5, 0.6) is 5.75 Å². The molecular formula is C22H28N2O4S2. The van der Waals surface area contributed by atoms with E-state index in [1.54, 1.807) is 27.8 Å². The molecule has 0 aliphatic carbocycles. The number of methoxy groups -OCH3 is 1. The molecule has 8 heteroatoms. The number of carbonyl (C=O) groups is 1. The van der Waals surface area contributed by atoms with Crippen molar-refractivity contribution in [3.05, 3.63) is 46.2 Å². The number of rotatable bonds is 5. The van der Waals surface area contributed by atoms with Gasteiger partial charge in [-0.15, -0.1) is 11.3 Å². The summed E-state index contributed by atoms with van der Waals surface area (Å²) in [6.07, 6.45) is 5.70. The van der Waals surface area contributed by atoms with Gasteiger partial charge in [0.25, 0.3) is 5.91 Å².